The zero-order valence-electron chi connectivity index (χ0n) is 11.2. The highest BCUT2D eigenvalue weighted by Gasteiger charge is 2.13. The van der Waals surface area contributed by atoms with Crippen molar-refractivity contribution in [3.8, 4) is 5.75 Å². The minimum Gasteiger partial charge on any atom is -0.493 e. The lowest BCUT2D eigenvalue weighted by Crippen LogP contribution is -2.15. The second kappa shape index (κ2) is 6.58. The van der Waals surface area contributed by atoms with Crippen LogP contribution in [0.2, 0.25) is 0 Å². The van der Waals surface area contributed by atoms with Crippen LogP contribution < -0.4 is 4.74 Å². The standard InChI is InChI=1S/C16H22O2/c1-13(17)11-14-7-9-16(10-8-14)18-12-15-5-3-2-4-6-15/h7-10,15H,2-6,11-12H2,1H3. The minimum atomic E-state index is 0.200. The molecule has 0 atom stereocenters. The summed E-state index contributed by atoms with van der Waals surface area (Å²) in [5.74, 6) is 1.86. The molecule has 0 heterocycles. The van der Waals surface area contributed by atoms with Gasteiger partial charge in [-0.3, -0.25) is 4.79 Å². The van der Waals surface area contributed by atoms with E-state index >= 15 is 0 Å². The van der Waals surface area contributed by atoms with Gasteiger partial charge in [0.1, 0.15) is 11.5 Å². The Hall–Kier alpha value is -1.31. The maximum atomic E-state index is 11.0. The summed E-state index contributed by atoms with van der Waals surface area (Å²) in [6.45, 7) is 2.46. The van der Waals surface area contributed by atoms with Crippen LogP contribution in [0.4, 0.5) is 0 Å². The van der Waals surface area contributed by atoms with Gasteiger partial charge in [-0.2, -0.15) is 0 Å². The van der Waals surface area contributed by atoms with Gasteiger partial charge in [-0.15, -0.1) is 0 Å². The number of carbonyl (C=O) groups excluding carboxylic acids is 1. The van der Waals surface area contributed by atoms with E-state index in [0.29, 0.717) is 6.42 Å². The van der Waals surface area contributed by atoms with E-state index in [2.05, 4.69) is 0 Å². The van der Waals surface area contributed by atoms with E-state index in [1.807, 2.05) is 24.3 Å². The molecule has 0 radical (unpaired) electrons. The summed E-state index contributed by atoms with van der Waals surface area (Å²) in [7, 11) is 0. The molecular weight excluding hydrogens is 224 g/mol. The molecule has 1 fully saturated rings. The number of hydrogen-bond acceptors (Lipinski definition) is 2. The van der Waals surface area contributed by atoms with Crippen LogP contribution in [-0.2, 0) is 11.2 Å². The van der Waals surface area contributed by atoms with Crippen molar-refractivity contribution in [2.75, 3.05) is 6.61 Å². The summed E-state index contributed by atoms with van der Waals surface area (Å²) in [5, 5.41) is 0. The smallest absolute Gasteiger partial charge is 0.134 e. The Morgan fingerprint density at radius 2 is 1.83 bits per heavy atom. The fourth-order valence-corrected chi connectivity index (χ4v) is 2.56. The number of ether oxygens (including phenoxy) is 1. The van der Waals surface area contributed by atoms with E-state index in [4.69, 9.17) is 4.74 Å². The summed E-state index contributed by atoms with van der Waals surface area (Å²) in [6.07, 6.45) is 7.22. The zero-order valence-corrected chi connectivity index (χ0v) is 11.2. The van der Waals surface area contributed by atoms with E-state index in [9.17, 15) is 4.79 Å². The van der Waals surface area contributed by atoms with Crippen LogP contribution in [0.3, 0.4) is 0 Å². The van der Waals surface area contributed by atoms with E-state index in [0.717, 1.165) is 23.8 Å². The van der Waals surface area contributed by atoms with Gasteiger partial charge < -0.3 is 4.74 Å². The van der Waals surface area contributed by atoms with Crippen molar-refractivity contribution in [3.63, 3.8) is 0 Å². The minimum absolute atomic E-state index is 0.200. The van der Waals surface area contributed by atoms with Crippen LogP contribution >= 0.6 is 0 Å². The van der Waals surface area contributed by atoms with Gasteiger partial charge in [0.2, 0.25) is 0 Å². The second-order valence-electron chi connectivity index (χ2n) is 5.34. The molecule has 0 N–H and O–H groups in total. The SMILES string of the molecule is CC(=O)Cc1ccc(OCC2CCCCC2)cc1. The van der Waals surface area contributed by atoms with Crippen LogP contribution in [0, 0.1) is 5.92 Å². The number of rotatable bonds is 5. The van der Waals surface area contributed by atoms with Crippen LogP contribution in [-0.4, -0.2) is 12.4 Å². The van der Waals surface area contributed by atoms with Gasteiger partial charge in [0.15, 0.2) is 0 Å². The van der Waals surface area contributed by atoms with Gasteiger partial charge in [-0.1, -0.05) is 31.4 Å². The van der Waals surface area contributed by atoms with Crippen molar-refractivity contribution in [2.45, 2.75) is 45.4 Å². The average Bonchev–Trinajstić information content (AvgIpc) is 2.38. The summed E-state index contributed by atoms with van der Waals surface area (Å²) in [5.41, 5.74) is 1.06. The fraction of sp³-hybridized carbons (Fsp3) is 0.562. The Labute approximate surface area is 109 Å². The van der Waals surface area contributed by atoms with Gasteiger partial charge in [-0.25, -0.2) is 0 Å². The van der Waals surface area contributed by atoms with Crippen LogP contribution in [0.25, 0.3) is 0 Å². The lowest BCUT2D eigenvalue weighted by molar-refractivity contribution is -0.116. The van der Waals surface area contributed by atoms with Gasteiger partial charge in [0, 0.05) is 6.42 Å². The molecule has 0 aliphatic heterocycles. The molecule has 98 valence electrons. The predicted molar refractivity (Wildman–Crippen MR) is 72.9 cm³/mol. The van der Waals surface area contributed by atoms with Crippen molar-refractivity contribution >= 4 is 5.78 Å². The number of carbonyl (C=O) groups is 1. The first-order valence-corrected chi connectivity index (χ1v) is 6.95. The third-order valence-corrected chi connectivity index (χ3v) is 3.59. The molecule has 1 aliphatic rings. The Balaban J connectivity index is 1.80. The molecule has 0 aromatic heterocycles. The molecule has 2 rings (SSSR count). The number of ketones is 1. The highest BCUT2D eigenvalue weighted by molar-refractivity contribution is 5.78. The monoisotopic (exact) mass is 246 g/mol. The Morgan fingerprint density at radius 1 is 1.17 bits per heavy atom. The van der Waals surface area contributed by atoms with Gasteiger partial charge in [0.05, 0.1) is 6.61 Å². The van der Waals surface area contributed by atoms with Crippen molar-refractivity contribution in [1.29, 1.82) is 0 Å². The van der Waals surface area contributed by atoms with Gasteiger partial charge in [0.25, 0.3) is 0 Å². The average molecular weight is 246 g/mol. The van der Waals surface area contributed by atoms with E-state index < -0.39 is 0 Å². The lowest BCUT2D eigenvalue weighted by Gasteiger charge is -2.21. The molecule has 1 saturated carbocycles. The molecule has 0 bridgehead atoms. The zero-order chi connectivity index (χ0) is 12.8. The van der Waals surface area contributed by atoms with Crippen molar-refractivity contribution in [1.82, 2.24) is 0 Å². The highest BCUT2D eigenvalue weighted by atomic mass is 16.5. The summed E-state index contributed by atoms with van der Waals surface area (Å²) in [6, 6.07) is 7.91. The summed E-state index contributed by atoms with van der Waals surface area (Å²) >= 11 is 0. The fourth-order valence-electron chi connectivity index (χ4n) is 2.56. The quantitative estimate of drug-likeness (QED) is 0.790. The van der Waals surface area contributed by atoms with Crippen LogP contribution in [0.15, 0.2) is 24.3 Å². The second-order valence-corrected chi connectivity index (χ2v) is 5.34. The molecule has 18 heavy (non-hydrogen) atoms. The topological polar surface area (TPSA) is 26.3 Å². The Kier molecular flexibility index (Phi) is 4.80. The molecule has 1 aromatic carbocycles. The van der Waals surface area contributed by atoms with E-state index in [-0.39, 0.29) is 5.78 Å². The normalized spacial score (nSPS) is 16.5. The molecule has 1 aliphatic carbocycles. The van der Waals surface area contributed by atoms with Crippen molar-refractivity contribution < 1.29 is 9.53 Å². The predicted octanol–water partition coefficient (Wildman–Crippen LogP) is 3.78. The Bertz CT molecular complexity index is 375. The van der Waals surface area contributed by atoms with Crippen LogP contribution in [0.5, 0.6) is 5.75 Å². The van der Waals surface area contributed by atoms with E-state index in [1.54, 1.807) is 6.92 Å². The largest absolute Gasteiger partial charge is 0.493 e. The first kappa shape index (κ1) is 13.1. The summed E-state index contributed by atoms with van der Waals surface area (Å²) in [4.78, 5) is 11.0. The third kappa shape index (κ3) is 4.17. The first-order valence-electron chi connectivity index (χ1n) is 6.95. The lowest BCUT2D eigenvalue weighted by atomic mass is 9.90. The number of benzene rings is 1. The van der Waals surface area contributed by atoms with Crippen molar-refractivity contribution in [3.05, 3.63) is 29.8 Å². The molecule has 0 spiro atoms. The van der Waals surface area contributed by atoms with Crippen LogP contribution in [0.1, 0.15) is 44.6 Å². The highest BCUT2D eigenvalue weighted by Crippen LogP contribution is 2.24. The van der Waals surface area contributed by atoms with Gasteiger partial charge in [-0.05, 0) is 43.4 Å². The maximum Gasteiger partial charge on any atom is 0.134 e. The van der Waals surface area contributed by atoms with Crippen molar-refractivity contribution in [2.24, 2.45) is 5.92 Å². The Morgan fingerprint density at radius 3 is 2.44 bits per heavy atom. The first-order chi connectivity index (χ1) is 8.74. The van der Waals surface area contributed by atoms with Gasteiger partial charge >= 0.3 is 0 Å². The molecule has 2 nitrogen and oxygen atoms in total. The molecule has 0 unspecified atom stereocenters. The molecule has 1 aromatic rings. The molecular formula is C16H22O2. The molecule has 0 amide bonds. The van der Waals surface area contributed by atoms with E-state index in [1.165, 1.54) is 32.1 Å². The summed E-state index contributed by atoms with van der Waals surface area (Å²) < 4.78 is 5.82. The number of hydrogen-bond donors (Lipinski definition) is 0. The molecule has 2 heteroatoms. The third-order valence-electron chi connectivity index (χ3n) is 3.59. The molecule has 0 saturated heterocycles. The maximum absolute atomic E-state index is 11.0. The number of Topliss-reactive ketones (excluding diaryl/α,β-unsaturated/α-hetero) is 1.